The third-order valence-electron chi connectivity index (χ3n) is 7.16. The number of rotatable bonds is 7. The lowest BCUT2D eigenvalue weighted by molar-refractivity contribution is -0.163. The Morgan fingerprint density at radius 2 is 1.83 bits per heavy atom. The zero-order valence-electron chi connectivity index (χ0n) is 20.2. The number of nitrogens with zero attached hydrogens (tertiary/aromatic N) is 3. The first-order chi connectivity index (χ1) is 16.8. The normalized spacial score (nSPS) is 28.8. The molecular weight excluding hydrogens is 549 g/mol. The number of aliphatic hydroxyl groups excluding tert-OH is 1. The Morgan fingerprint density at radius 3 is 2.36 bits per heavy atom. The lowest BCUT2D eigenvalue weighted by atomic mass is 9.79. The van der Waals surface area contributed by atoms with Crippen LogP contribution in [0.1, 0.15) is 25.8 Å². The minimum atomic E-state index is -1.17. The van der Waals surface area contributed by atoms with Crippen molar-refractivity contribution in [1.29, 1.82) is 0 Å². The van der Waals surface area contributed by atoms with Crippen LogP contribution in [-0.4, -0.2) is 86.8 Å². The van der Waals surface area contributed by atoms with Crippen molar-refractivity contribution in [2.24, 2.45) is 11.8 Å². The number of benzene rings is 1. The molecule has 2 N–H and O–H groups in total. The topological polar surface area (TPSA) is 101 Å². The van der Waals surface area contributed by atoms with Crippen molar-refractivity contribution >= 4 is 64.3 Å². The number of β-lactam (4-membered cyclic amide) rings is 1. The maximum atomic E-state index is 13.1. The predicted molar refractivity (Wildman–Crippen MR) is 140 cm³/mol. The number of carboxylic acids is 1. The van der Waals surface area contributed by atoms with Crippen LogP contribution in [-0.2, 0) is 20.9 Å². The van der Waals surface area contributed by atoms with E-state index in [4.69, 9.17) is 34.8 Å². The molecule has 0 spiro atoms. The van der Waals surface area contributed by atoms with Crippen molar-refractivity contribution in [3.8, 4) is 0 Å². The van der Waals surface area contributed by atoms with Gasteiger partial charge in [0.15, 0.2) is 0 Å². The van der Waals surface area contributed by atoms with Gasteiger partial charge in [-0.05, 0) is 25.5 Å². The standard InChI is InChI=1S/C24H28Cl3N3O5S/c1-10-19-18(11(2)31)23(33)30(19)20(24(34)35)21(10)36-13-7-17(22(32)28(3)4)29(8-13)9-14-15(26)5-12(25)6-16(14)27/h5-6,10-11,13,17-19,31H,7-9H2,1-4H3,(H,34,35)/t10-,11-,13+,17+,18-,19-/m1/s1. The van der Waals surface area contributed by atoms with E-state index in [1.165, 1.54) is 21.6 Å². The second-order valence-corrected chi connectivity index (χ2v) is 12.4. The van der Waals surface area contributed by atoms with Crippen LogP contribution < -0.4 is 0 Å². The van der Waals surface area contributed by atoms with Crippen LogP contribution in [0.3, 0.4) is 0 Å². The minimum Gasteiger partial charge on any atom is -0.477 e. The summed E-state index contributed by atoms with van der Waals surface area (Å²) >= 11 is 20.3. The number of thioether (sulfide) groups is 1. The highest BCUT2D eigenvalue weighted by atomic mass is 35.5. The van der Waals surface area contributed by atoms with E-state index in [0.717, 1.165) is 0 Å². The summed E-state index contributed by atoms with van der Waals surface area (Å²) in [4.78, 5) is 43.3. The number of likely N-dealkylation sites (N-methyl/N-ethyl adjacent to an activating group) is 1. The molecule has 0 radical (unpaired) electrons. The van der Waals surface area contributed by atoms with E-state index >= 15 is 0 Å². The molecule has 6 atom stereocenters. The average molecular weight is 577 g/mol. The summed E-state index contributed by atoms with van der Waals surface area (Å²) in [6, 6.07) is 2.39. The zero-order valence-corrected chi connectivity index (χ0v) is 23.3. The lowest BCUT2D eigenvalue weighted by Gasteiger charge is -2.46. The summed E-state index contributed by atoms with van der Waals surface area (Å²) in [7, 11) is 3.39. The summed E-state index contributed by atoms with van der Waals surface area (Å²) in [5, 5.41) is 21.2. The van der Waals surface area contributed by atoms with Crippen LogP contribution in [0.4, 0.5) is 0 Å². The molecule has 0 bridgehead atoms. The van der Waals surface area contributed by atoms with E-state index in [1.807, 2.05) is 11.8 Å². The summed E-state index contributed by atoms with van der Waals surface area (Å²) in [6.45, 7) is 4.26. The lowest BCUT2D eigenvalue weighted by Crippen LogP contribution is -2.63. The van der Waals surface area contributed by atoms with Gasteiger partial charge in [-0.2, -0.15) is 0 Å². The first-order valence-electron chi connectivity index (χ1n) is 11.6. The van der Waals surface area contributed by atoms with E-state index in [1.54, 1.807) is 33.2 Å². The molecule has 2 saturated heterocycles. The molecule has 3 aliphatic heterocycles. The van der Waals surface area contributed by atoms with Gasteiger partial charge in [-0.15, -0.1) is 11.8 Å². The van der Waals surface area contributed by atoms with Gasteiger partial charge >= 0.3 is 5.97 Å². The van der Waals surface area contributed by atoms with Crippen molar-refractivity contribution in [3.05, 3.63) is 43.4 Å². The van der Waals surface area contributed by atoms with Crippen molar-refractivity contribution < 1.29 is 24.6 Å². The van der Waals surface area contributed by atoms with Gasteiger partial charge in [-0.25, -0.2) is 4.79 Å². The Balaban J connectivity index is 1.61. The maximum absolute atomic E-state index is 13.1. The molecule has 0 aromatic heterocycles. The molecule has 3 heterocycles. The van der Waals surface area contributed by atoms with Crippen molar-refractivity contribution in [2.45, 2.75) is 50.3 Å². The molecule has 1 aromatic carbocycles. The number of halogens is 3. The number of carbonyl (C=O) groups excluding carboxylic acids is 2. The summed E-state index contributed by atoms with van der Waals surface area (Å²) in [6.07, 6.45) is -0.370. The fourth-order valence-electron chi connectivity index (χ4n) is 5.46. The summed E-state index contributed by atoms with van der Waals surface area (Å²) in [5.41, 5.74) is 0.649. The summed E-state index contributed by atoms with van der Waals surface area (Å²) < 4.78 is 0. The number of carbonyl (C=O) groups is 3. The molecule has 196 valence electrons. The smallest absolute Gasteiger partial charge is 0.353 e. The predicted octanol–water partition coefficient (Wildman–Crippen LogP) is 3.56. The number of aliphatic carboxylic acids is 1. The van der Waals surface area contributed by atoms with Crippen molar-refractivity contribution in [2.75, 3.05) is 20.6 Å². The first-order valence-corrected chi connectivity index (χ1v) is 13.6. The molecule has 36 heavy (non-hydrogen) atoms. The second kappa shape index (κ2) is 10.3. The number of carboxylic acid groups (broad SMARTS) is 1. The Morgan fingerprint density at radius 1 is 1.22 bits per heavy atom. The Hall–Kier alpha value is -1.49. The van der Waals surface area contributed by atoms with Crippen LogP contribution in [0.5, 0.6) is 0 Å². The molecule has 0 saturated carbocycles. The van der Waals surface area contributed by atoms with E-state index in [-0.39, 0.29) is 34.7 Å². The van der Waals surface area contributed by atoms with E-state index < -0.39 is 24.0 Å². The van der Waals surface area contributed by atoms with Gasteiger partial charge in [-0.3, -0.25) is 14.5 Å². The van der Waals surface area contributed by atoms with Gasteiger partial charge in [0.05, 0.1) is 24.1 Å². The van der Waals surface area contributed by atoms with Crippen LogP contribution in [0.2, 0.25) is 15.1 Å². The van der Waals surface area contributed by atoms with Gasteiger partial charge in [0.1, 0.15) is 5.70 Å². The van der Waals surface area contributed by atoms with Gasteiger partial charge in [0, 0.05) is 63.9 Å². The van der Waals surface area contributed by atoms with Crippen LogP contribution in [0, 0.1) is 11.8 Å². The Labute approximate surface area is 229 Å². The molecule has 0 unspecified atom stereocenters. The molecule has 0 aliphatic carbocycles. The Kier molecular flexibility index (Phi) is 7.91. The fraction of sp³-hybridized carbons (Fsp3) is 0.542. The highest BCUT2D eigenvalue weighted by molar-refractivity contribution is 8.03. The molecular formula is C24H28Cl3N3O5S. The number of amides is 2. The maximum Gasteiger partial charge on any atom is 0.353 e. The number of likely N-dealkylation sites (tertiary alicyclic amines) is 1. The number of aliphatic hydroxyl groups is 1. The molecule has 8 nitrogen and oxygen atoms in total. The SMILES string of the molecule is C[C@@H](O)[C@H]1C(=O)N2C(C(=O)O)=C(S[C@H]3C[C@@H](C(=O)N(C)C)N(Cc4c(Cl)cc(Cl)cc4Cl)C3)[C@H](C)[C@H]12. The minimum absolute atomic E-state index is 0.0165. The number of hydrogen-bond donors (Lipinski definition) is 2. The zero-order chi connectivity index (χ0) is 26.6. The largest absolute Gasteiger partial charge is 0.477 e. The third kappa shape index (κ3) is 4.74. The van der Waals surface area contributed by atoms with E-state index in [2.05, 4.69) is 0 Å². The van der Waals surface area contributed by atoms with Crippen LogP contribution >= 0.6 is 46.6 Å². The molecule has 2 fully saturated rings. The average Bonchev–Trinajstić information content (AvgIpc) is 3.27. The third-order valence-corrected chi connectivity index (χ3v) is 9.55. The quantitative estimate of drug-likeness (QED) is 0.479. The molecule has 2 amide bonds. The van der Waals surface area contributed by atoms with Gasteiger partial charge in [-0.1, -0.05) is 41.7 Å². The number of hydrogen-bond acceptors (Lipinski definition) is 6. The van der Waals surface area contributed by atoms with Crippen LogP contribution in [0.25, 0.3) is 0 Å². The number of fused-ring (bicyclic) bond motifs is 1. The monoisotopic (exact) mass is 575 g/mol. The van der Waals surface area contributed by atoms with E-state index in [0.29, 0.717) is 45.0 Å². The molecule has 12 heteroatoms. The summed E-state index contributed by atoms with van der Waals surface area (Å²) in [5.74, 6) is -2.46. The fourth-order valence-corrected chi connectivity index (χ4v) is 7.95. The van der Waals surface area contributed by atoms with Crippen molar-refractivity contribution in [3.63, 3.8) is 0 Å². The van der Waals surface area contributed by atoms with E-state index in [9.17, 15) is 24.6 Å². The highest BCUT2D eigenvalue weighted by Crippen LogP contribution is 2.52. The second-order valence-electron chi connectivity index (χ2n) is 9.77. The molecule has 3 aliphatic rings. The molecule has 4 rings (SSSR count). The molecule has 1 aromatic rings. The Bertz CT molecular complexity index is 1120. The van der Waals surface area contributed by atoms with Gasteiger partial charge < -0.3 is 20.0 Å². The highest BCUT2D eigenvalue weighted by Gasteiger charge is 2.60. The van der Waals surface area contributed by atoms with Gasteiger partial charge in [0.2, 0.25) is 11.8 Å². The van der Waals surface area contributed by atoms with Crippen LogP contribution in [0.15, 0.2) is 22.7 Å². The van der Waals surface area contributed by atoms with Gasteiger partial charge in [0.25, 0.3) is 0 Å². The first kappa shape index (κ1) is 27.5. The van der Waals surface area contributed by atoms with Crippen molar-refractivity contribution in [1.82, 2.24) is 14.7 Å².